The lowest BCUT2D eigenvalue weighted by atomic mass is 10.1. The van der Waals surface area contributed by atoms with Crippen LogP contribution in [-0.2, 0) is 9.53 Å². The molecule has 1 aliphatic heterocycles. The lowest BCUT2D eigenvalue weighted by Crippen LogP contribution is -2.36. The molecule has 1 amide bonds. The molecule has 148 valence electrons. The van der Waals surface area contributed by atoms with Gasteiger partial charge >= 0.3 is 0 Å². The number of nitro benzene ring substituents is 1. The van der Waals surface area contributed by atoms with Gasteiger partial charge in [-0.15, -0.1) is 0 Å². The fraction of sp³-hybridized carbons (Fsp3) is 0.200. The molecule has 0 unspecified atom stereocenters. The smallest absolute Gasteiger partial charge is 0.270 e. The summed E-state index contributed by atoms with van der Waals surface area (Å²) in [4.78, 5) is 25.1. The van der Waals surface area contributed by atoms with E-state index in [0.717, 1.165) is 5.69 Å². The van der Waals surface area contributed by atoms with Crippen molar-refractivity contribution >= 4 is 40.6 Å². The number of morpholine rings is 1. The first-order chi connectivity index (χ1) is 14.0. The van der Waals surface area contributed by atoms with Crippen LogP contribution in [0.25, 0.3) is 6.08 Å². The Balaban J connectivity index is 1.86. The van der Waals surface area contributed by atoms with Crippen molar-refractivity contribution in [3.63, 3.8) is 0 Å². The van der Waals surface area contributed by atoms with Crippen LogP contribution in [0.1, 0.15) is 5.56 Å². The van der Waals surface area contributed by atoms with Crippen molar-refractivity contribution in [3.8, 4) is 6.07 Å². The van der Waals surface area contributed by atoms with Crippen molar-refractivity contribution in [1.29, 1.82) is 5.26 Å². The monoisotopic (exact) mass is 412 g/mol. The summed E-state index contributed by atoms with van der Waals surface area (Å²) in [5, 5.41) is 23.5. The summed E-state index contributed by atoms with van der Waals surface area (Å²) >= 11 is 6.09. The van der Waals surface area contributed by atoms with Crippen LogP contribution in [0.2, 0.25) is 5.02 Å². The van der Waals surface area contributed by atoms with Gasteiger partial charge in [0, 0.05) is 30.2 Å². The Morgan fingerprint density at radius 2 is 2.03 bits per heavy atom. The van der Waals surface area contributed by atoms with E-state index >= 15 is 0 Å². The zero-order valence-electron chi connectivity index (χ0n) is 15.3. The maximum Gasteiger partial charge on any atom is 0.270 e. The van der Waals surface area contributed by atoms with Crippen molar-refractivity contribution in [3.05, 3.63) is 68.7 Å². The highest BCUT2D eigenvalue weighted by molar-refractivity contribution is 6.31. The zero-order chi connectivity index (χ0) is 20.8. The van der Waals surface area contributed by atoms with E-state index in [4.69, 9.17) is 16.3 Å². The molecule has 9 heteroatoms. The van der Waals surface area contributed by atoms with Crippen molar-refractivity contribution in [2.24, 2.45) is 0 Å². The van der Waals surface area contributed by atoms with E-state index in [1.54, 1.807) is 24.3 Å². The average Bonchev–Trinajstić information content (AvgIpc) is 2.73. The Bertz CT molecular complexity index is 1010. The molecular weight excluding hydrogens is 396 g/mol. The van der Waals surface area contributed by atoms with Crippen molar-refractivity contribution in [1.82, 2.24) is 0 Å². The largest absolute Gasteiger partial charge is 0.378 e. The fourth-order valence-corrected chi connectivity index (χ4v) is 3.09. The van der Waals surface area contributed by atoms with Crippen molar-refractivity contribution in [2.45, 2.75) is 0 Å². The molecule has 2 aromatic carbocycles. The summed E-state index contributed by atoms with van der Waals surface area (Å²) in [6.07, 6.45) is 1.31. The molecule has 0 saturated carbocycles. The summed E-state index contributed by atoms with van der Waals surface area (Å²) in [6.45, 7) is 2.48. The summed E-state index contributed by atoms with van der Waals surface area (Å²) in [5.41, 5.74) is 1.33. The number of hydrogen-bond donors (Lipinski definition) is 1. The van der Waals surface area contributed by atoms with Crippen LogP contribution in [-0.4, -0.2) is 37.1 Å². The maximum absolute atomic E-state index is 12.7. The Labute approximate surface area is 172 Å². The van der Waals surface area contributed by atoms with E-state index in [0.29, 0.717) is 42.6 Å². The van der Waals surface area contributed by atoms with E-state index in [1.807, 2.05) is 6.07 Å². The second-order valence-corrected chi connectivity index (χ2v) is 6.67. The highest BCUT2D eigenvalue weighted by atomic mass is 35.5. The number of hydrogen-bond acceptors (Lipinski definition) is 6. The number of carbonyl (C=O) groups excluding carboxylic acids is 1. The Morgan fingerprint density at radius 3 is 2.72 bits per heavy atom. The summed E-state index contributed by atoms with van der Waals surface area (Å²) in [6, 6.07) is 12.7. The zero-order valence-corrected chi connectivity index (χ0v) is 16.1. The number of nitrogens with zero attached hydrogens (tertiary/aromatic N) is 3. The summed E-state index contributed by atoms with van der Waals surface area (Å²) in [5.74, 6) is -0.629. The van der Waals surface area contributed by atoms with E-state index in [-0.39, 0.29) is 11.3 Å². The normalized spacial score (nSPS) is 14.2. The summed E-state index contributed by atoms with van der Waals surface area (Å²) < 4.78 is 5.36. The molecule has 0 bridgehead atoms. The van der Waals surface area contributed by atoms with Gasteiger partial charge in [-0.2, -0.15) is 5.26 Å². The third kappa shape index (κ3) is 5.10. The topological polar surface area (TPSA) is 108 Å². The minimum Gasteiger partial charge on any atom is -0.378 e. The highest BCUT2D eigenvalue weighted by Gasteiger charge is 2.18. The minimum atomic E-state index is -0.629. The Kier molecular flexibility index (Phi) is 6.44. The number of nitro groups is 1. The van der Waals surface area contributed by atoms with E-state index in [9.17, 15) is 20.2 Å². The molecule has 0 spiro atoms. The van der Waals surface area contributed by atoms with E-state index in [2.05, 4.69) is 10.2 Å². The molecule has 0 atom stereocenters. The van der Waals surface area contributed by atoms with Gasteiger partial charge in [-0.25, -0.2) is 0 Å². The predicted octanol–water partition coefficient (Wildman–Crippen LogP) is 3.63. The van der Waals surface area contributed by atoms with Crippen molar-refractivity contribution in [2.75, 3.05) is 36.5 Å². The van der Waals surface area contributed by atoms with Gasteiger partial charge in [0.2, 0.25) is 0 Å². The predicted molar refractivity (Wildman–Crippen MR) is 110 cm³/mol. The van der Waals surface area contributed by atoms with Gasteiger partial charge in [-0.3, -0.25) is 14.9 Å². The second-order valence-electron chi connectivity index (χ2n) is 6.24. The van der Waals surface area contributed by atoms with Crippen LogP contribution < -0.4 is 10.2 Å². The number of nitrogens with one attached hydrogen (secondary N) is 1. The molecule has 0 aliphatic carbocycles. The Morgan fingerprint density at radius 1 is 1.28 bits per heavy atom. The number of non-ortho nitro benzene ring substituents is 1. The molecule has 1 fully saturated rings. The third-order valence-corrected chi connectivity index (χ3v) is 4.55. The molecule has 2 aromatic rings. The molecule has 8 nitrogen and oxygen atoms in total. The van der Waals surface area contributed by atoms with Crippen molar-refractivity contribution < 1.29 is 14.5 Å². The standard InChI is InChI=1S/C20H17ClN4O4/c21-16-4-5-19(24-6-8-29-9-7-24)18(12-16)23-20(26)15(13-22)10-14-2-1-3-17(11-14)25(27)28/h1-5,10-12H,6-9H2,(H,23,26)/b15-10+. The van der Waals surface area contributed by atoms with Gasteiger partial charge in [0.25, 0.3) is 11.6 Å². The highest BCUT2D eigenvalue weighted by Crippen LogP contribution is 2.30. The number of nitriles is 1. The molecule has 1 saturated heterocycles. The number of amides is 1. The van der Waals surface area contributed by atoms with Crippen LogP contribution in [0, 0.1) is 21.4 Å². The fourth-order valence-electron chi connectivity index (χ4n) is 2.92. The number of carbonyl (C=O) groups is 1. The van der Waals surface area contributed by atoms with Gasteiger partial charge in [0.15, 0.2) is 0 Å². The minimum absolute atomic E-state index is 0.124. The average molecular weight is 413 g/mol. The molecule has 0 aromatic heterocycles. The van der Waals surface area contributed by atoms with Crippen LogP contribution in [0.15, 0.2) is 48.0 Å². The SMILES string of the molecule is N#C/C(=C\c1cccc([N+](=O)[O-])c1)C(=O)Nc1cc(Cl)ccc1N1CCOCC1. The first-order valence-corrected chi connectivity index (χ1v) is 9.15. The number of rotatable bonds is 5. The lowest BCUT2D eigenvalue weighted by Gasteiger charge is -2.30. The first kappa shape index (κ1) is 20.3. The molecule has 1 N–H and O–H groups in total. The van der Waals surface area contributed by atoms with Crippen LogP contribution in [0.5, 0.6) is 0 Å². The molecule has 1 heterocycles. The van der Waals surface area contributed by atoms with E-state index < -0.39 is 10.8 Å². The number of anilines is 2. The van der Waals surface area contributed by atoms with E-state index in [1.165, 1.54) is 24.3 Å². The molecule has 3 rings (SSSR count). The van der Waals surface area contributed by atoms with Gasteiger partial charge < -0.3 is 15.0 Å². The second kappa shape index (κ2) is 9.19. The Hall–Kier alpha value is -3.41. The maximum atomic E-state index is 12.7. The number of ether oxygens (including phenoxy) is 1. The number of benzene rings is 2. The number of halogens is 1. The lowest BCUT2D eigenvalue weighted by molar-refractivity contribution is -0.384. The van der Waals surface area contributed by atoms with Crippen LogP contribution in [0.4, 0.5) is 17.1 Å². The molecular formula is C20H17ClN4O4. The van der Waals surface area contributed by atoms with Crippen LogP contribution in [0.3, 0.4) is 0 Å². The van der Waals surface area contributed by atoms with Crippen LogP contribution >= 0.6 is 11.6 Å². The molecule has 1 aliphatic rings. The quantitative estimate of drug-likeness (QED) is 0.347. The third-order valence-electron chi connectivity index (χ3n) is 4.32. The van der Waals surface area contributed by atoms with Gasteiger partial charge in [-0.05, 0) is 29.8 Å². The first-order valence-electron chi connectivity index (χ1n) is 8.78. The molecule has 29 heavy (non-hydrogen) atoms. The summed E-state index contributed by atoms with van der Waals surface area (Å²) in [7, 11) is 0. The molecule has 0 radical (unpaired) electrons. The van der Waals surface area contributed by atoms with Gasteiger partial charge in [0.1, 0.15) is 11.6 Å². The van der Waals surface area contributed by atoms with Gasteiger partial charge in [0.05, 0.1) is 29.5 Å². The van der Waals surface area contributed by atoms with Gasteiger partial charge in [-0.1, -0.05) is 23.7 Å².